The second-order valence-electron chi connectivity index (χ2n) is 31.8. The van der Waals surface area contributed by atoms with Crippen LogP contribution in [0.5, 0.6) is 0 Å². The van der Waals surface area contributed by atoms with E-state index in [9.17, 15) is 43.2 Å². The van der Waals surface area contributed by atoms with E-state index >= 15 is 0 Å². The van der Waals surface area contributed by atoms with Crippen LogP contribution in [-0.2, 0) is 65.4 Å². The number of hydrogen-bond acceptors (Lipinski definition) is 15. The molecule has 630 valence electrons. The summed E-state index contributed by atoms with van der Waals surface area (Å²) in [7, 11) is -9.93. The average Bonchev–Trinajstić information content (AvgIpc) is 0.905. The van der Waals surface area contributed by atoms with Crippen LogP contribution in [0.2, 0.25) is 0 Å². The summed E-state index contributed by atoms with van der Waals surface area (Å²) in [5.41, 5.74) is 0. The Kier molecular flexibility index (Phi) is 78.2. The molecule has 2 unspecified atom stereocenters. The van der Waals surface area contributed by atoms with Crippen LogP contribution < -0.4 is 0 Å². The maximum absolute atomic E-state index is 13.1. The van der Waals surface area contributed by atoms with Crippen molar-refractivity contribution in [3.05, 3.63) is 0 Å². The molecule has 0 saturated carbocycles. The molecule has 0 aliphatic heterocycles. The summed E-state index contributed by atoms with van der Waals surface area (Å²) in [6, 6.07) is 0. The zero-order chi connectivity index (χ0) is 77.6. The minimum absolute atomic E-state index is 0.108. The number of aliphatic hydroxyl groups is 1. The molecule has 0 fully saturated rings. The molecule has 3 N–H and O–H groups in total. The first-order valence-corrected chi connectivity index (χ1v) is 48.1. The Bertz CT molecular complexity index is 2010. The first-order valence-electron chi connectivity index (χ1n) is 45.1. The molecule has 0 rings (SSSR count). The van der Waals surface area contributed by atoms with Gasteiger partial charge in [-0.25, -0.2) is 9.13 Å². The molecule has 0 aromatic carbocycles. The second-order valence-corrected chi connectivity index (χ2v) is 34.7. The van der Waals surface area contributed by atoms with E-state index < -0.39 is 97.5 Å². The molecule has 17 nitrogen and oxygen atoms in total. The Morgan fingerprint density at radius 2 is 0.434 bits per heavy atom. The number of hydrogen-bond donors (Lipinski definition) is 3. The average molecular weight is 1550 g/mol. The normalized spacial score (nSPS) is 13.7. The molecule has 0 aromatic heterocycles. The third-order valence-electron chi connectivity index (χ3n) is 20.5. The van der Waals surface area contributed by atoms with E-state index in [0.29, 0.717) is 31.6 Å². The van der Waals surface area contributed by atoms with Crippen molar-refractivity contribution in [2.75, 3.05) is 39.6 Å². The maximum Gasteiger partial charge on any atom is 0.472 e. The minimum atomic E-state index is -4.97. The van der Waals surface area contributed by atoms with E-state index in [2.05, 4.69) is 34.6 Å². The highest BCUT2D eigenvalue weighted by Crippen LogP contribution is 2.45. The van der Waals surface area contributed by atoms with Gasteiger partial charge >= 0.3 is 39.5 Å². The fourth-order valence-corrected chi connectivity index (χ4v) is 15.2. The van der Waals surface area contributed by atoms with Crippen LogP contribution in [0.3, 0.4) is 0 Å². The summed E-state index contributed by atoms with van der Waals surface area (Å²) in [6.45, 7) is 7.29. The Morgan fingerprint density at radius 1 is 0.255 bits per heavy atom. The largest absolute Gasteiger partial charge is 0.472 e. The molecule has 5 atom stereocenters. The summed E-state index contributed by atoms with van der Waals surface area (Å²) in [5.74, 6) is -1.42. The van der Waals surface area contributed by atoms with Crippen molar-refractivity contribution in [2.45, 2.75) is 490 Å². The van der Waals surface area contributed by atoms with Crippen molar-refractivity contribution in [3.8, 4) is 0 Å². The third-order valence-corrected chi connectivity index (χ3v) is 22.4. The molecule has 0 aliphatic carbocycles. The highest BCUT2D eigenvalue weighted by molar-refractivity contribution is 7.47. The summed E-state index contributed by atoms with van der Waals surface area (Å²) in [5, 5.41) is 10.7. The molecule has 106 heavy (non-hydrogen) atoms. The quantitative estimate of drug-likeness (QED) is 0.0222. The molecular formula is C87H170O17P2. The predicted octanol–water partition coefficient (Wildman–Crippen LogP) is 26.8. The Hall–Kier alpha value is -1.94. The van der Waals surface area contributed by atoms with Gasteiger partial charge in [0.2, 0.25) is 0 Å². The van der Waals surface area contributed by atoms with Crippen LogP contribution in [-0.4, -0.2) is 96.7 Å². The molecular weight excluding hydrogens is 1380 g/mol. The Morgan fingerprint density at radius 3 is 0.642 bits per heavy atom. The van der Waals surface area contributed by atoms with Crippen molar-refractivity contribution in [1.82, 2.24) is 0 Å². The summed E-state index contributed by atoms with van der Waals surface area (Å²) >= 11 is 0. The van der Waals surface area contributed by atoms with Crippen molar-refractivity contribution < 1.29 is 80.2 Å². The van der Waals surface area contributed by atoms with E-state index in [-0.39, 0.29) is 25.7 Å². The van der Waals surface area contributed by atoms with Crippen molar-refractivity contribution >= 4 is 39.5 Å². The van der Waals surface area contributed by atoms with E-state index in [0.717, 1.165) is 96.3 Å². The number of carbonyl (C=O) groups excluding carboxylic acids is 4. The van der Waals surface area contributed by atoms with Crippen LogP contribution in [0.1, 0.15) is 471 Å². The van der Waals surface area contributed by atoms with Gasteiger partial charge in [0.15, 0.2) is 12.2 Å². The van der Waals surface area contributed by atoms with Crippen molar-refractivity contribution in [2.24, 2.45) is 5.92 Å². The van der Waals surface area contributed by atoms with Gasteiger partial charge in [0.05, 0.1) is 26.4 Å². The second kappa shape index (κ2) is 79.7. The van der Waals surface area contributed by atoms with Gasteiger partial charge in [-0.2, -0.15) is 0 Å². The van der Waals surface area contributed by atoms with Crippen LogP contribution >= 0.6 is 15.6 Å². The number of phosphoric acid groups is 2. The zero-order valence-corrected chi connectivity index (χ0v) is 71.4. The zero-order valence-electron chi connectivity index (χ0n) is 69.6. The van der Waals surface area contributed by atoms with Gasteiger partial charge < -0.3 is 33.8 Å². The number of unbranched alkanes of at least 4 members (excludes halogenated alkanes) is 59. The first-order chi connectivity index (χ1) is 51.5. The Labute approximate surface area is 651 Å². The lowest BCUT2D eigenvalue weighted by Gasteiger charge is -2.21. The molecule has 0 heterocycles. The minimum Gasteiger partial charge on any atom is -0.462 e. The molecule has 0 radical (unpaired) electrons. The monoisotopic (exact) mass is 1550 g/mol. The van der Waals surface area contributed by atoms with Crippen LogP contribution in [0.25, 0.3) is 0 Å². The summed E-state index contributed by atoms with van der Waals surface area (Å²) < 4.78 is 68.9. The number of ether oxygens (including phenoxy) is 4. The van der Waals surface area contributed by atoms with Gasteiger partial charge in [-0.1, -0.05) is 420 Å². The smallest absolute Gasteiger partial charge is 0.462 e. The highest BCUT2D eigenvalue weighted by Gasteiger charge is 2.30. The number of carbonyl (C=O) groups is 4. The number of esters is 4. The first kappa shape index (κ1) is 104. The lowest BCUT2D eigenvalue weighted by molar-refractivity contribution is -0.161. The number of aliphatic hydroxyl groups excluding tert-OH is 1. The summed E-state index contributed by atoms with van der Waals surface area (Å²) in [6.07, 6.45) is 73.9. The SMILES string of the molecule is CCCCCCCCCCCCCCCCCCCCCC(=O)OC[C@H](COP(=O)(O)OC[C@@H](O)COP(=O)(O)OC[C@@H](COC(=O)CCCCCCCCC(C)C)OC(=O)CCCCCCCCCCCCCCCCCCCCC)OC(=O)CCCCCCCCCCCCCCCCCCCCC. The van der Waals surface area contributed by atoms with Crippen LogP contribution in [0, 0.1) is 5.92 Å². The third kappa shape index (κ3) is 80.1. The van der Waals surface area contributed by atoms with Gasteiger partial charge in [-0.3, -0.25) is 37.3 Å². The molecule has 19 heteroatoms. The van der Waals surface area contributed by atoms with Gasteiger partial charge in [0, 0.05) is 25.7 Å². The van der Waals surface area contributed by atoms with E-state index in [1.807, 2.05) is 0 Å². The molecule has 0 aromatic rings. The molecule has 0 spiro atoms. The van der Waals surface area contributed by atoms with Gasteiger partial charge in [-0.15, -0.1) is 0 Å². The lowest BCUT2D eigenvalue weighted by atomic mass is 10.0. The van der Waals surface area contributed by atoms with Gasteiger partial charge in [0.25, 0.3) is 0 Å². The molecule has 0 amide bonds. The maximum atomic E-state index is 13.1. The van der Waals surface area contributed by atoms with Crippen molar-refractivity contribution in [1.29, 1.82) is 0 Å². The van der Waals surface area contributed by atoms with E-state index in [1.165, 1.54) is 289 Å². The molecule has 0 saturated heterocycles. The van der Waals surface area contributed by atoms with E-state index in [1.54, 1.807) is 0 Å². The lowest BCUT2D eigenvalue weighted by Crippen LogP contribution is -2.30. The van der Waals surface area contributed by atoms with Gasteiger partial charge in [0.1, 0.15) is 19.3 Å². The van der Waals surface area contributed by atoms with Crippen LogP contribution in [0.4, 0.5) is 0 Å². The molecule has 0 bridgehead atoms. The number of rotatable bonds is 87. The predicted molar refractivity (Wildman–Crippen MR) is 437 cm³/mol. The van der Waals surface area contributed by atoms with Gasteiger partial charge in [-0.05, 0) is 31.6 Å². The Balaban J connectivity index is 5.20. The number of phosphoric ester groups is 2. The van der Waals surface area contributed by atoms with E-state index in [4.69, 9.17) is 37.0 Å². The van der Waals surface area contributed by atoms with Crippen LogP contribution in [0.15, 0.2) is 0 Å². The summed E-state index contributed by atoms with van der Waals surface area (Å²) in [4.78, 5) is 73.2. The topological polar surface area (TPSA) is 237 Å². The fraction of sp³-hybridized carbons (Fsp3) is 0.954. The fourth-order valence-electron chi connectivity index (χ4n) is 13.6. The van der Waals surface area contributed by atoms with Crippen molar-refractivity contribution in [3.63, 3.8) is 0 Å². The molecule has 0 aliphatic rings. The standard InChI is InChI=1S/C87H170O17P2/c1-6-9-12-15-18-21-24-27-30-33-36-39-42-45-48-51-54-60-65-70-84(89)97-76-82(103-86(91)72-67-62-55-52-49-46-43-40-37-34-31-28-25-22-19-16-13-10-7-2)78-101-105(93,94)99-74-81(88)75-100-106(95,96)102-79-83(77-98-85(90)71-66-61-58-57-59-64-69-80(4)5)104-87(92)73-68-63-56-53-50-47-44-41-38-35-32-29-26-23-20-17-14-11-8-3/h80-83,88H,6-79H2,1-5H3,(H,93,94)(H,95,96)/t81-,82-,83-/m1/s1. The highest BCUT2D eigenvalue weighted by atomic mass is 31.2.